The highest BCUT2D eigenvalue weighted by Gasteiger charge is 2.29. The van der Waals surface area contributed by atoms with Gasteiger partial charge in [0, 0.05) is 47.7 Å². The number of alkyl halides is 1. The summed E-state index contributed by atoms with van der Waals surface area (Å²) in [4.78, 5) is 26.3. The quantitative estimate of drug-likeness (QED) is 0.0693. The lowest BCUT2D eigenvalue weighted by molar-refractivity contribution is 0.0502. The summed E-state index contributed by atoms with van der Waals surface area (Å²) in [5, 5.41) is 10.5. The average molecular weight is 740 g/mol. The SMILES string of the molecule is CCOC(=O)c1c(CCCOc2cccc3cc(F)ccc23)c2ccc(Cl)c(-c3c(CCl)nn(C)c3CC)c2n1CCCNC(=O)OC(C)(C)C. The first-order valence-electron chi connectivity index (χ1n) is 17.3. The lowest BCUT2D eigenvalue weighted by Gasteiger charge is -2.20. The van der Waals surface area contributed by atoms with Crippen LogP contribution in [0.1, 0.15) is 74.9 Å². The fourth-order valence-electron chi connectivity index (χ4n) is 6.57. The molecular weight excluding hydrogens is 694 g/mol. The maximum Gasteiger partial charge on any atom is 0.407 e. The molecule has 1 N–H and O–H groups in total. The number of benzene rings is 3. The van der Waals surface area contributed by atoms with Crippen LogP contribution in [0.25, 0.3) is 32.8 Å². The van der Waals surface area contributed by atoms with E-state index in [0.717, 1.165) is 44.1 Å². The highest BCUT2D eigenvalue weighted by atomic mass is 35.5. The van der Waals surface area contributed by atoms with Crippen molar-refractivity contribution in [2.24, 2.45) is 7.05 Å². The van der Waals surface area contributed by atoms with Crippen molar-refractivity contribution < 1.29 is 28.2 Å². The minimum Gasteiger partial charge on any atom is -0.493 e. The summed E-state index contributed by atoms with van der Waals surface area (Å²) < 4.78 is 35.0. The molecule has 0 atom stereocenters. The highest BCUT2D eigenvalue weighted by molar-refractivity contribution is 6.35. The molecule has 12 heteroatoms. The molecule has 0 fully saturated rings. The monoisotopic (exact) mass is 738 g/mol. The molecule has 0 bridgehead atoms. The fourth-order valence-corrected chi connectivity index (χ4v) is 7.01. The van der Waals surface area contributed by atoms with Gasteiger partial charge in [-0.15, -0.1) is 11.6 Å². The minimum absolute atomic E-state index is 0.173. The molecule has 0 spiro atoms. The van der Waals surface area contributed by atoms with Crippen molar-refractivity contribution in [2.45, 2.75) is 78.3 Å². The Morgan fingerprint density at radius 3 is 2.49 bits per heavy atom. The van der Waals surface area contributed by atoms with E-state index < -0.39 is 17.7 Å². The molecule has 0 saturated carbocycles. The van der Waals surface area contributed by atoms with Crippen LogP contribution >= 0.6 is 23.2 Å². The molecule has 9 nitrogen and oxygen atoms in total. The van der Waals surface area contributed by atoms with Crippen LogP contribution in [-0.2, 0) is 41.8 Å². The molecule has 0 unspecified atom stereocenters. The van der Waals surface area contributed by atoms with E-state index >= 15 is 0 Å². The predicted octanol–water partition coefficient (Wildman–Crippen LogP) is 9.39. The first-order chi connectivity index (χ1) is 24.4. The Balaban J connectivity index is 1.58. The van der Waals surface area contributed by atoms with Gasteiger partial charge in [-0.25, -0.2) is 14.0 Å². The summed E-state index contributed by atoms with van der Waals surface area (Å²) in [6, 6.07) is 14.0. The number of carbonyl (C=O) groups is 2. The van der Waals surface area contributed by atoms with E-state index in [4.69, 9.17) is 42.5 Å². The smallest absolute Gasteiger partial charge is 0.407 e. The van der Waals surface area contributed by atoms with E-state index in [1.165, 1.54) is 12.1 Å². The van der Waals surface area contributed by atoms with Crippen LogP contribution in [0.5, 0.6) is 5.75 Å². The molecule has 0 aliphatic heterocycles. The van der Waals surface area contributed by atoms with Crippen LogP contribution in [0.3, 0.4) is 0 Å². The van der Waals surface area contributed by atoms with Gasteiger partial charge in [-0.2, -0.15) is 5.10 Å². The second-order valence-electron chi connectivity index (χ2n) is 13.3. The number of aromatic nitrogens is 3. The van der Waals surface area contributed by atoms with Gasteiger partial charge in [0.2, 0.25) is 0 Å². The largest absolute Gasteiger partial charge is 0.493 e. The number of fused-ring (bicyclic) bond motifs is 2. The lowest BCUT2D eigenvalue weighted by atomic mass is 9.97. The highest BCUT2D eigenvalue weighted by Crippen LogP contribution is 2.43. The molecule has 3 aromatic carbocycles. The Kier molecular flexibility index (Phi) is 12.2. The van der Waals surface area contributed by atoms with Crippen molar-refractivity contribution >= 4 is 56.9 Å². The molecule has 0 saturated heterocycles. The normalized spacial score (nSPS) is 11.7. The second kappa shape index (κ2) is 16.4. The number of nitrogens with zero attached hydrogens (tertiary/aromatic N) is 3. The number of carbonyl (C=O) groups excluding carboxylic acids is 2. The number of rotatable bonds is 14. The molecule has 1 amide bonds. The summed E-state index contributed by atoms with van der Waals surface area (Å²) in [6.07, 6.45) is 1.72. The van der Waals surface area contributed by atoms with Crippen molar-refractivity contribution in [3.8, 4) is 16.9 Å². The van der Waals surface area contributed by atoms with Crippen LogP contribution in [0.4, 0.5) is 9.18 Å². The fraction of sp³-hybridized carbons (Fsp3) is 0.410. The molecule has 2 aromatic heterocycles. The first kappa shape index (κ1) is 38.0. The standard InChI is InChI=1S/C39H45Cl2FN4O5/c1-7-31-34(30(23-40)44-45(31)6)33-29(41)18-17-28-27(13-10-21-50-32-14-9-12-24-22-25(42)15-16-26(24)32)36(37(47)49-8-2)46(35(28)33)20-11-19-43-38(48)51-39(3,4)5/h9,12,14-18,22H,7-8,10-11,13,19-21,23H2,1-6H3,(H,43,48). The molecule has 0 radical (unpaired) electrons. The Labute approximate surface area is 307 Å². The Morgan fingerprint density at radius 2 is 1.78 bits per heavy atom. The van der Waals surface area contributed by atoms with Gasteiger partial charge in [-0.1, -0.05) is 36.7 Å². The third kappa shape index (κ3) is 8.45. The minimum atomic E-state index is -0.631. The molecule has 2 heterocycles. The Hall–Kier alpha value is -4.28. The molecule has 0 aliphatic carbocycles. The number of halogens is 3. The number of aryl methyl sites for hydroxylation is 3. The topological polar surface area (TPSA) is 96.6 Å². The summed E-state index contributed by atoms with van der Waals surface area (Å²) in [7, 11) is 1.88. The summed E-state index contributed by atoms with van der Waals surface area (Å²) in [5.74, 6) is 0.0661. The number of hydrogen-bond acceptors (Lipinski definition) is 6. The van der Waals surface area contributed by atoms with E-state index in [-0.39, 0.29) is 18.3 Å². The van der Waals surface area contributed by atoms with Crippen molar-refractivity contribution in [3.63, 3.8) is 0 Å². The van der Waals surface area contributed by atoms with Gasteiger partial charge in [0.05, 0.1) is 35.3 Å². The number of nitrogens with one attached hydrogen (secondary N) is 1. The molecule has 5 rings (SSSR count). The van der Waals surface area contributed by atoms with Crippen molar-refractivity contribution in [1.82, 2.24) is 19.7 Å². The van der Waals surface area contributed by atoms with E-state index in [1.807, 2.05) is 67.4 Å². The molecule has 51 heavy (non-hydrogen) atoms. The van der Waals surface area contributed by atoms with Gasteiger partial charge >= 0.3 is 12.1 Å². The predicted molar refractivity (Wildman–Crippen MR) is 201 cm³/mol. The van der Waals surface area contributed by atoms with Gasteiger partial charge in [0.25, 0.3) is 0 Å². The van der Waals surface area contributed by atoms with Crippen LogP contribution < -0.4 is 10.1 Å². The lowest BCUT2D eigenvalue weighted by Crippen LogP contribution is -2.33. The molecule has 272 valence electrons. The number of hydrogen-bond donors (Lipinski definition) is 1. The van der Waals surface area contributed by atoms with E-state index in [1.54, 1.807) is 13.0 Å². The number of alkyl carbamates (subject to hydrolysis) is 1. The van der Waals surface area contributed by atoms with Gasteiger partial charge in [0.1, 0.15) is 22.9 Å². The Bertz CT molecular complexity index is 2050. The zero-order valence-electron chi connectivity index (χ0n) is 30.0. The van der Waals surface area contributed by atoms with Gasteiger partial charge in [-0.05, 0) is 94.7 Å². The van der Waals surface area contributed by atoms with Crippen molar-refractivity contribution in [1.29, 1.82) is 0 Å². The zero-order chi connectivity index (χ0) is 36.9. The van der Waals surface area contributed by atoms with E-state index in [2.05, 4.69) is 12.2 Å². The van der Waals surface area contributed by atoms with Crippen LogP contribution in [0.15, 0.2) is 48.5 Å². The molecule has 5 aromatic rings. The van der Waals surface area contributed by atoms with E-state index in [0.29, 0.717) is 67.5 Å². The van der Waals surface area contributed by atoms with Crippen molar-refractivity contribution in [3.05, 3.63) is 82.0 Å². The van der Waals surface area contributed by atoms with Crippen LogP contribution in [-0.4, -0.2) is 51.8 Å². The molecule has 0 aliphatic rings. The summed E-state index contributed by atoms with van der Waals surface area (Å²) >= 11 is 13.5. The first-order valence-corrected chi connectivity index (χ1v) is 18.2. The summed E-state index contributed by atoms with van der Waals surface area (Å²) in [5.41, 5.74) is 4.59. The number of amides is 1. The van der Waals surface area contributed by atoms with Gasteiger partial charge < -0.3 is 24.1 Å². The van der Waals surface area contributed by atoms with Gasteiger partial charge in [0.15, 0.2) is 0 Å². The second-order valence-corrected chi connectivity index (χ2v) is 13.9. The third-order valence-corrected chi connectivity index (χ3v) is 9.12. The number of ether oxygens (including phenoxy) is 3. The van der Waals surface area contributed by atoms with Gasteiger partial charge in [-0.3, -0.25) is 4.68 Å². The summed E-state index contributed by atoms with van der Waals surface area (Å²) in [6.45, 7) is 10.5. The maximum absolute atomic E-state index is 13.9. The van der Waals surface area contributed by atoms with Crippen LogP contribution in [0, 0.1) is 5.82 Å². The molecular formula is C39H45Cl2FN4O5. The average Bonchev–Trinajstić information content (AvgIpc) is 3.57. The van der Waals surface area contributed by atoms with Crippen LogP contribution in [0.2, 0.25) is 5.02 Å². The maximum atomic E-state index is 13.9. The Morgan fingerprint density at radius 1 is 1.02 bits per heavy atom. The zero-order valence-corrected chi connectivity index (χ0v) is 31.5. The number of esters is 1. The third-order valence-electron chi connectivity index (χ3n) is 8.55. The van der Waals surface area contributed by atoms with E-state index in [9.17, 15) is 14.0 Å². The van der Waals surface area contributed by atoms with Crippen molar-refractivity contribution in [2.75, 3.05) is 19.8 Å².